The van der Waals surface area contributed by atoms with E-state index >= 15 is 0 Å². The van der Waals surface area contributed by atoms with Gasteiger partial charge in [0.25, 0.3) is 0 Å². The summed E-state index contributed by atoms with van der Waals surface area (Å²) in [7, 11) is 3.92. The van der Waals surface area contributed by atoms with E-state index in [1.165, 1.54) is 16.3 Å². The summed E-state index contributed by atoms with van der Waals surface area (Å²) in [5.74, 6) is -0.723. The van der Waals surface area contributed by atoms with Crippen LogP contribution in [0.1, 0.15) is 17.4 Å². The van der Waals surface area contributed by atoms with Crippen molar-refractivity contribution in [1.29, 1.82) is 0 Å². The van der Waals surface area contributed by atoms with Gasteiger partial charge in [0.05, 0.1) is 18.8 Å². The Bertz CT molecular complexity index is 886. The number of nitrogens with zero attached hydrogens (tertiary/aromatic N) is 1. The molecule has 0 fully saturated rings. The second-order valence-electron chi connectivity index (χ2n) is 6.14. The molecule has 2 N–H and O–H groups in total. The fraction of sp³-hybridized carbons (Fsp3) is 0.263. The third kappa shape index (κ3) is 4.12. The van der Waals surface area contributed by atoms with Gasteiger partial charge in [-0.1, -0.05) is 18.2 Å². The van der Waals surface area contributed by atoms with Crippen molar-refractivity contribution in [3.05, 3.63) is 59.4 Å². The summed E-state index contributed by atoms with van der Waals surface area (Å²) in [6.07, 6.45) is 1.52. The molecule has 3 aromatic rings. The molecule has 0 aliphatic carbocycles. The molecule has 0 radical (unpaired) electrons. The van der Waals surface area contributed by atoms with E-state index in [0.717, 1.165) is 5.56 Å². The van der Waals surface area contributed by atoms with Gasteiger partial charge in [0.1, 0.15) is 5.76 Å². The largest absolute Gasteiger partial charge is 0.467 e. The lowest BCUT2D eigenvalue weighted by molar-refractivity contribution is -0.139. The zero-order chi connectivity index (χ0) is 18.5. The fourth-order valence-electron chi connectivity index (χ4n) is 2.76. The Labute approximate surface area is 155 Å². The van der Waals surface area contributed by atoms with Gasteiger partial charge < -0.3 is 20.0 Å². The van der Waals surface area contributed by atoms with Crippen molar-refractivity contribution in [2.75, 3.05) is 20.6 Å². The van der Waals surface area contributed by atoms with E-state index in [2.05, 4.69) is 28.1 Å². The lowest BCUT2D eigenvalue weighted by Crippen LogP contribution is -2.42. The number of hydrogen-bond donors (Lipinski definition) is 2. The fourth-order valence-corrected chi connectivity index (χ4v) is 3.77. The van der Waals surface area contributed by atoms with Gasteiger partial charge in [-0.2, -0.15) is 0 Å². The maximum absolute atomic E-state index is 12.1. The maximum atomic E-state index is 12.1. The van der Waals surface area contributed by atoms with Gasteiger partial charge in [0.2, 0.25) is 0 Å². The average molecular weight is 371 g/mol. The number of hydrogen-bond acceptors (Lipinski definition) is 5. The highest BCUT2D eigenvalue weighted by Crippen LogP contribution is 2.31. The molecule has 0 spiro atoms. The van der Waals surface area contributed by atoms with E-state index < -0.39 is 11.8 Å². The summed E-state index contributed by atoms with van der Waals surface area (Å²) in [4.78, 5) is 26.1. The molecule has 1 atom stereocenters. The van der Waals surface area contributed by atoms with Gasteiger partial charge in [-0.3, -0.25) is 9.59 Å². The molecule has 136 valence electrons. The average Bonchev–Trinajstić information content (AvgIpc) is 3.29. The number of carbonyl (C=O) groups is 2. The van der Waals surface area contributed by atoms with E-state index in [-0.39, 0.29) is 12.6 Å². The summed E-state index contributed by atoms with van der Waals surface area (Å²) < 4.78 is 6.34. The van der Waals surface area contributed by atoms with Gasteiger partial charge in [-0.15, -0.1) is 11.3 Å². The number of thiophene rings is 1. The molecule has 26 heavy (non-hydrogen) atoms. The van der Waals surface area contributed by atoms with Crippen LogP contribution in [0.25, 0.3) is 10.1 Å². The molecule has 2 amide bonds. The highest BCUT2D eigenvalue weighted by Gasteiger charge is 2.21. The number of rotatable bonds is 6. The minimum atomic E-state index is -0.672. The lowest BCUT2D eigenvalue weighted by atomic mass is 10.0. The number of furan rings is 1. The van der Waals surface area contributed by atoms with Crippen LogP contribution in [0.3, 0.4) is 0 Å². The van der Waals surface area contributed by atoms with Gasteiger partial charge in [-0.25, -0.2) is 0 Å². The van der Waals surface area contributed by atoms with Crippen LogP contribution in [0.15, 0.2) is 52.5 Å². The first-order chi connectivity index (χ1) is 12.6. The van der Waals surface area contributed by atoms with Crippen LogP contribution in [0.2, 0.25) is 0 Å². The first kappa shape index (κ1) is 18.2. The van der Waals surface area contributed by atoms with Crippen molar-refractivity contribution in [3.8, 4) is 0 Å². The van der Waals surface area contributed by atoms with Crippen LogP contribution in [0, 0.1) is 0 Å². The molecule has 2 heterocycles. The molecule has 3 rings (SSSR count). The van der Waals surface area contributed by atoms with Crippen molar-refractivity contribution in [2.24, 2.45) is 0 Å². The highest BCUT2D eigenvalue weighted by molar-refractivity contribution is 7.17. The van der Waals surface area contributed by atoms with Crippen molar-refractivity contribution in [3.63, 3.8) is 0 Å². The van der Waals surface area contributed by atoms with Crippen LogP contribution in [-0.4, -0.2) is 37.4 Å². The summed E-state index contributed by atoms with van der Waals surface area (Å²) >= 11 is 1.68. The smallest absolute Gasteiger partial charge is 0.309 e. The van der Waals surface area contributed by atoms with Crippen molar-refractivity contribution < 1.29 is 14.0 Å². The molecular weight excluding hydrogens is 350 g/mol. The predicted molar refractivity (Wildman–Crippen MR) is 102 cm³/mol. The predicted octanol–water partition coefficient (Wildman–Crippen LogP) is 2.53. The summed E-state index contributed by atoms with van der Waals surface area (Å²) in [6.45, 7) is 0.534. The van der Waals surface area contributed by atoms with Gasteiger partial charge in [0, 0.05) is 11.2 Å². The molecule has 1 unspecified atom stereocenters. The summed E-state index contributed by atoms with van der Waals surface area (Å²) in [5, 5.41) is 8.56. The molecule has 0 bridgehead atoms. The van der Waals surface area contributed by atoms with E-state index in [1.54, 1.807) is 23.5 Å². The number of nitrogens with one attached hydrogen (secondary N) is 2. The highest BCUT2D eigenvalue weighted by atomic mass is 32.1. The van der Waals surface area contributed by atoms with Gasteiger partial charge >= 0.3 is 11.8 Å². The Kier molecular flexibility index (Phi) is 5.70. The molecule has 6 nitrogen and oxygen atoms in total. The number of amides is 2. The van der Waals surface area contributed by atoms with Crippen molar-refractivity contribution in [2.45, 2.75) is 12.6 Å². The van der Waals surface area contributed by atoms with Crippen molar-refractivity contribution >= 4 is 33.2 Å². The standard InChI is InChI=1S/C19H21N3O3S/c1-22(2)16(15-12-26-17-8-4-3-7-14(15)17)11-21-19(24)18(23)20-10-13-6-5-9-25-13/h3-9,12,16H,10-11H2,1-2H3,(H,20,23)(H,21,24). The number of carbonyl (C=O) groups excluding carboxylic acids is 2. The Morgan fingerprint density at radius 1 is 1.12 bits per heavy atom. The van der Waals surface area contributed by atoms with Crippen LogP contribution in [0.5, 0.6) is 0 Å². The number of likely N-dealkylation sites (N-methyl/N-ethyl adjacent to an activating group) is 1. The second-order valence-corrected chi connectivity index (χ2v) is 7.05. The topological polar surface area (TPSA) is 74.6 Å². The van der Waals surface area contributed by atoms with Gasteiger partial charge in [0.15, 0.2) is 0 Å². The van der Waals surface area contributed by atoms with E-state index in [9.17, 15) is 9.59 Å². The van der Waals surface area contributed by atoms with Crippen molar-refractivity contribution in [1.82, 2.24) is 15.5 Å². The Hall–Kier alpha value is -2.64. The quantitative estimate of drug-likeness (QED) is 0.653. The first-order valence-electron chi connectivity index (χ1n) is 8.27. The first-order valence-corrected chi connectivity index (χ1v) is 9.15. The van der Waals surface area contributed by atoms with Crippen LogP contribution < -0.4 is 10.6 Å². The van der Waals surface area contributed by atoms with E-state index in [0.29, 0.717) is 12.3 Å². The van der Waals surface area contributed by atoms with Crippen LogP contribution in [-0.2, 0) is 16.1 Å². The third-order valence-electron chi connectivity index (χ3n) is 4.16. The third-order valence-corrected chi connectivity index (χ3v) is 5.14. The maximum Gasteiger partial charge on any atom is 0.309 e. The molecule has 0 aliphatic heterocycles. The molecule has 0 saturated carbocycles. The molecule has 0 aliphatic rings. The SMILES string of the molecule is CN(C)C(CNC(=O)C(=O)NCc1ccco1)c1csc2ccccc12. The van der Waals surface area contributed by atoms with Gasteiger partial charge in [-0.05, 0) is 48.6 Å². The zero-order valence-corrected chi connectivity index (χ0v) is 15.5. The normalized spacial score (nSPS) is 12.3. The molecule has 0 saturated heterocycles. The molecular formula is C19H21N3O3S. The Morgan fingerprint density at radius 2 is 1.88 bits per heavy atom. The monoisotopic (exact) mass is 371 g/mol. The Morgan fingerprint density at radius 3 is 2.62 bits per heavy atom. The van der Waals surface area contributed by atoms with E-state index in [1.807, 2.05) is 31.1 Å². The molecule has 7 heteroatoms. The molecule has 1 aromatic carbocycles. The van der Waals surface area contributed by atoms with Crippen LogP contribution >= 0.6 is 11.3 Å². The van der Waals surface area contributed by atoms with Crippen LogP contribution in [0.4, 0.5) is 0 Å². The minimum Gasteiger partial charge on any atom is -0.467 e. The summed E-state index contributed by atoms with van der Waals surface area (Å²) in [5.41, 5.74) is 1.15. The summed E-state index contributed by atoms with van der Waals surface area (Å²) in [6, 6.07) is 11.6. The number of benzene rings is 1. The van der Waals surface area contributed by atoms with E-state index in [4.69, 9.17) is 4.42 Å². The molecule has 2 aromatic heterocycles. The lowest BCUT2D eigenvalue weighted by Gasteiger charge is -2.24. The Balaban J connectivity index is 1.61. The zero-order valence-electron chi connectivity index (χ0n) is 14.7. The minimum absolute atomic E-state index is 0.0204. The second kappa shape index (κ2) is 8.16. The number of fused-ring (bicyclic) bond motifs is 1.